The predicted octanol–water partition coefficient (Wildman–Crippen LogP) is 3.97. The summed E-state index contributed by atoms with van der Waals surface area (Å²) in [6, 6.07) is 16.3. The van der Waals surface area contributed by atoms with Gasteiger partial charge in [0.25, 0.3) is 0 Å². The number of benzene rings is 2. The lowest BCUT2D eigenvalue weighted by Gasteiger charge is -2.08. The normalized spacial score (nSPS) is 12.2. The molecule has 0 spiro atoms. The van der Waals surface area contributed by atoms with E-state index < -0.39 is 0 Å². The van der Waals surface area contributed by atoms with Crippen molar-refractivity contribution in [1.29, 1.82) is 0 Å². The third-order valence-electron chi connectivity index (χ3n) is 2.53. The van der Waals surface area contributed by atoms with Crippen molar-refractivity contribution >= 4 is 22.6 Å². The molecule has 2 aromatic carbocycles. The van der Waals surface area contributed by atoms with E-state index in [1.54, 1.807) is 0 Å². The summed E-state index contributed by atoms with van der Waals surface area (Å²) in [5.74, 6) is 1.71. The molecule has 18 heavy (non-hydrogen) atoms. The maximum absolute atomic E-state index is 5.77. The summed E-state index contributed by atoms with van der Waals surface area (Å²) in [5, 5.41) is 0. The molecule has 0 saturated carbocycles. The van der Waals surface area contributed by atoms with Crippen molar-refractivity contribution in [2.75, 3.05) is 0 Å². The molecule has 2 N–H and O–H groups in total. The summed E-state index contributed by atoms with van der Waals surface area (Å²) in [7, 11) is 0. The van der Waals surface area contributed by atoms with Gasteiger partial charge >= 0.3 is 0 Å². The Labute approximate surface area is 121 Å². The third-order valence-corrected chi connectivity index (χ3v) is 3.25. The van der Waals surface area contributed by atoms with Crippen molar-refractivity contribution in [3.05, 3.63) is 57.7 Å². The Kier molecular flexibility index (Phi) is 4.60. The second-order valence-corrected chi connectivity index (χ2v) is 5.63. The number of hydrogen-bond donors (Lipinski definition) is 1. The minimum atomic E-state index is 0.188. The molecule has 0 fully saturated rings. The topological polar surface area (TPSA) is 35.2 Å². The fraction of sp³-hybridized carbons (Fsp3) is 0.200. The summed E-state index contributed by atoms with van der Waals surface area (Å²) >= 11 is 2.28. The van der Waals surface area contributed by atoms with Crippen molar-refractivity contribution in [3.63, 3.8) is 0 Å². The van der Waals surface area contributed by atoms with E-state index in [1.807, 2.05) is 43.3 Å². The molecule has 0 heterocycles. The Bertz CT molecular complexity index is 491. The van der Waals surface area contributed by atoms with Gasteiger partial charge in [-0.15, -0.1) is 0 Å². The van der Waals surface area contributed by atoms with E-state index in [9.17, 15) is 0 Å². The number of rotatable bonds is 4. The molecule has 3 heteroatoms. The van der Waals surface area contributed by atoms with E-state index >= 15 is 0 Å². The van der Waals surface area contributed by atoms with E-state index in [-0.39, 0.29) is 6.04 Å². The van der Waals surface area contributed by atoms with Gasteiger partial charge in [-0.05, 0) is 77.9 Å². The highest BCUT2D eigenvalue weighted by Crippen LogP contribution is 2.22. The number of ether oxygens (including phenoxy) is 1. The Morgan fingerprint density at radius 1 is 1.00 bits per heavy atom. The molecule has 0 saturated heterocycles. The van der Waals surface area contributed by atoms with Gasteiger partial charge in [0.15, 0.2) is 0 Å². The van der Waals surface area contributed by atoms with E-state index in [1.165, 1.54) is 9.13 Å². The summed E-state index contributed by atoms with van der Waals surface area (Å²) in [5.41, 5.74) is 7.00. The summed E-state index contributed by atoms with van der Waals surface area (Å²) in [6.07, 6.45) is 0.893. The van der Waals surface area contributed by atoms with Gasteiger partial charge in [-0.1, -0.05) is 12.1 Å². The lowest BCUT2D eigenvalue weighted by molar-refractivity contribution is 0.482. The summed E-state index contributed by atoms with van der Waals surface area (Å²) < 4.78 is 6.96. The van der Waals surface area contributed by atoms with Crippen LogP contribution in [0.15, 0.2) is 48.5 Å². The van der Waals surface area contributed by atoms with Crippen LogP contribution in [0.25, 0.3) is 0 Å². The van der Waals surface area contributed by atoms with Crippen LogP contribution in [0.5, 0.6) is 11.5 Å². The molecule has 0 aliphatic rings. The highest BCUT2D eigenvalue weighted by atomic mass is 127. The maximum atomic E-state index is 5.77. The van der Waals surface area contributed by atoms with Crippen LogP contribution in [0.1, 0.15) is 12.5 Å². The highest BCUT2D eigenvalue weighted by Gasteiger charge is 2.00. The van der Waals surface area contributed by atoms with Gasteiger partial charge in [0.1, 0.15) is 11.5 Å². The Balaban J connectivity index is 2.04. The van der Waals surface area contributed by atoms with Crippen molar-refractivity contribution in [2.45, 2.75) is 19.4 Å². The van der Waals surface area contributed by atoms with Crippen LogP contribution in [0, 0.1) is 3.57 Å². The molecule has 0 radical (unpaired) electrons. The fourth-order valence-corrected chi connectivity index (χ4v) is 2.06. The monoisotopic (exact) mass is 353 g/mol. The summed E-state index contributed by atoms with van der Waals surface area (Å²) in [6.45, 7) is 2.01. The number of nitrogens with two attached hydrogens (primary N) is 1. The van der Waals surface area contributed by atoms with Crippen LogP contribution in [0.4, 0.5) is 0 Å². The Hall–Kier alpha value is -1.07. The van der Waals surface area contributed by atoms with Crippen LogP contribution >= 0.6 is 22.6 Å². The number of hydrogen-bond acceptors (Lipinski definition) is 2. The van der Waals surface area contributed by atoms with Gasteiger partial charge in [0, 0.05) is 9.61 Å². The van der Waals surface area contributed by atoms with E-state index in [0.29, 0.717) is 0 Å². The molecule has 0 aliphatic carbocycles. The van der Waals surface area contributed by atoms with Gasteiger partial charge in [0.05, 0.1) is 0 Å². The Morgan fingerprint density at radius 3 is 2.00 bits per heavy atom. The van der Waals surface area contributed by atoms with E-state index in [4.69, 9.17) is 10.5 Å². The zero-order chi connectivity index (χ0) is 13.0. The molecule has 0 aliphatic heterocycles. The molecule has 1 atom stereocenters. The molecular formula is C15H16INO. The highest BCUT2D eigenvalue weighted by molar-refractivity contribution is 14.1. The van der Waals surface area contributed by atoms with Gasteiger partial charge in [-0.3, -0.25) is 0 Å². The molecule has 2 nitrogen and oxygen atoms in total. The zero-order valence-corrected chi connectivity index (χ0v) is 12.4. The lowest BCUT2D eigenvalue weighted by atomic mass is 10.1. The maximum Gasteiger partial charge on any atom is 0.127 e. The van der Waals surface area contributed by atoms with Gasteiger partial charge < -0.3 is 10.5 Å². The van der Waals surface area contributed by atoms with Crippen LogP contribution in [-0.2, 0) is 6.42 Å². The molecular weight excluding hydrogens is 337 g/mol. The van der Waals surface area contributed by atoms with Gasteiger partial charge in [-0.25, -0.2) is 0 Å². The van der Waals surface area contributed by atoms with E-state index in [2.05, 4.69) is 34.7 Å². The molecule has 0 amide bonds. The second kappa shape index (κ2) is 6.20. The number of halogens is 1. The zero-order valence-electron chi connectivity index (χ0n) is 10.3. The van der Waals surface area contributed by atoms with Crippen molar-refractivity contribution in [1.82, 2.24) is 0 Å². The van der Waals surface area contributed by atoms with Crippen molar-refractivity contribution in [3.8, 4) is 11.5 Å². The minimum Gasteiger partial charge on any atom is -0.457 e. The van der Waals surface area contributed by atoms with Crippen LogP contribution in [0.2, 0.25) is 0 Å². The summed E-state index contributed by atoms with van der Waals surface area (Å²) in [4.78, 5) is 0. The minimum absolute atomic E-state index is 0.188. The first kappa shape index (κ1) is 13.4. The Morgan fingerprint density at radius 2 is 1.50 bits per heavy atom. The molecule has 94 valence electrons. The quantitative estimate of drug-likeness (QED) is 0.845. The first-order valence-electron chi connectivity index (χ1n) is 5.91. The first-order valence-corrected chi connectivity index (χ1v) is 6.99. The van der Waals surface area contributed by atoms with E-state index in [0.717, 1.165) is 17.9 Å². The molecule has 1 unspecified atom stereocenters. The van der Waals surface area contributed by atoms with Crippen LogP contribution in [0.3, 0.4) is 0 Å². The molecule has 0 bridgehead atoms. The molecule has 0 aromatic heterocycles. The second-order valence-electron chi connectivity index (χ2n) is 4.38. The van der Waals surface area contributed by atoms with Gasteiger partial charge in [-0.2, -0.15) is 0 Å². The predicted molar refractivity (Wildman–Crippen MR) is 83.0 cm³/mol. The largest absolute Gasteiger partial charge is 0.457 e. The smallest absolute Gasteiger partial charge is 0.127 e. The first-order chi connectivity index (χ1) is 8.63. The molecule has 2 rings (SSSR count). The van der Waals surface area contributed by atoms with Crippen LogP contribution in [-0.4, -0.2) is 6.04 Å². The standard InChI is InChI=1S/C15H16INO/c1-11(17)10-12-2-6-14(7-3-12)18-15-8-4-13(16)5-9-15/h2-9,11H,10,17H2,1H3. The van der Waals surface area contributed by atoms with Crippen molar-refractivity contribution in [2.24, 2.45) is 5.73 Å². The van der Waals surface area contributed by atoms with Gasteiger partial charge in [0.2, 0.25) is 0 Å². The SMILES string of the molecule is CC(N)Cc1ccc(Oc2ccc(I)cc2)cc1. The van der Waals surface area contributed by atoms with Crippen molar-refractivity contribution < 1.29 is 4.74 Å². The average molecular weight is 353 g/mol. The molecule has 2 aromatic rings. The lowest BCUT2D eigenvalue weighted by Crippen LogP contribution is -2.17. The third kappa shape index (κ3) is 3.99. The van der Waals surface area contributed by atoms with Crippen LogP contribution < -0.4 is 10.5 Å². The average Bonchev–Trinajstić information content (AvgIpc) is 2.34. The fourth-order valence-electron chi connectivity index (χ4n) is 1.70.